The average molecular weight is 272 g/mol. The summed E-state index contributed by atoms with van der Waals surface area (Å²) in [6.45, 7) is 0. The Kier molecular flexibility index (Phi) is 5.37. The van der Waals surface area contributed by atoms with E-state index in [1.54, 1.807) is 12.1 Å². The molecular formula is C12H11NNaO3S. The third-order valence-electron chi connectivity index (χ3n) is 2.21. The number of para-hydroxylation sites is 1. The van der Waals surface area contributed by atoms with Crippen molar-refractivity contribution in [2.45, 2.75) is 4.90 Å². The van der Waals surface area contributed by atoms with Gasteiger partial charge in [-0.1, -0.05) is 18.2 Å². The van der Waals surface area contributed by atoms with Crippen molar-refractivity contribution in [3.05, 3.63) is 54.6 Å². The van der Waals surface area contributed by atoms with Gasteiger partial charge in [0.05, 0.1) is 4.90 Å². The summed E-state index contributed by atoms with van der Waals surface area (Å²) in [5.74, 6) is 0. The second-order valence-electron chi connectivity index (χ2n) is 3.49. The summed E-state index contributed by atoms with van der Waals surface area (Å²) in [4.78, 5) is -0.115. The molecule has 6 heteroatoms. The zero-order chi connectivity index (χ0) is 12.3. The second-order valence-corrected chi connectivity index (χ2v) is 4.91. The van der Waals surface area contributed by atoms with Crippen molar-refractivity contribution < 1.29 is 13.0 Å². The van der Waals surface area contributed by atoms with Gasteiger partial charge in [0, 0.05) is 40.9 Å². The van der Waals surface area contributed by atoms with Crippen LogP contribution in [0.4, 0.5) is 11.4 Å². The van der Waals surface area contributed by atoms with Gasteiger partial charge in [0.25, 0.3) is 10.1 Å². The van der Waals surface area contributed by atoms with E-state index in [0.717, 1.165) is 11.4 Å². The van der Waals surface area contributed by atoms with E-state index in [4.69, 9.17) is 4.55 Å². The van der Waals surface area contributed by atoms with Gasteiger partial charge >= 0.3 is 0 Å². The van der Waals surface area contributed by atoms with Gasteiger partial charge in [-0.05, 0) is 36.4 Å². The van der Waals surface area contributed by atoms with Gasteiger partial charge in [-0.2, -0.15) is 8.42 Å². The third kappa shape index (κ3) is 4.12. The molecule has 0 bridgehead atoms. The fourth-order valence-electron chi connectivity index (χ4n) is 1.40. The topological polar surface area (TPSA) is 66.4 Å². The Balaban J connectivity index is 0.00000162. The number of nitrogens with one attached hydrogen (secondary N) is 1. The SMILES string of the molecule is O=S(=O)(O)c1ccc(Nc2ccccc2)cc1.[Na]. The minimum atomic E-state index is -4.12. The Hall–Kier alpha value is -0.850. The molecule has 0 atom stereocenters. The molecule has 0 aromatic heterocycles. The van der Waals surface area contributed by atoms with Gasteiger partial charge in [0.2, 0.25) is 0 Å². The normalized spacial score (nSPS) is 10.5. The van der Waals surface area contributed by atoms with Gasteiger partial charge in [0.1, 0.15) is 0 Å². The van der Waals surface area contributed by atoms with Crippen molar-refractivity contribution in [3.63, 3.8) is 0 Å². The number of hydrogen-bond donors (Lipinski definition) is 2. The molecule has 0 amide bonds. The van der Waals surface area contributed by atoms with E-state index in [1.807, 2.05) is 30.3 Å². The van der Waals surface area contributed by atoms with Gasteiger partial charge < -0.3 is 5.32 Å². The predicted octanol–water partition coefficient (Wildman–Crippen LogP) is 2.30. The Labute approximate surface area is 128 Å². The van der Waals surface area contributed by atoms with Crippen LogP contribution in [0, 0.1) is 0 Å². The Morgan fingerprint density at radius 3 is 1.83 bits per heavy atom. The Morgan fingerprint density at radius 1 is 0.833 bits per heavy atom. The summed E-state index contributed by atoms with van der Waals surface area (Å²) >= 11 is 0. The van der Waals surface area contributed by atoms with E-state index < -0.39 is 10.1 Å². The Bertz CT molecular complexity index is 597. The molecule has 2 aromatic carbocycles. The minimum Gasteiger partial charge on any atom is -0.356 e. The molecule has 0 unspecified atom stereocenters. The monoisotopic (exact) mass is 272 g/mol. The van der Waals surface area contributed by atoms with Crippen molar-refractivity contribution in [2.24, 2.45) is 0 Å². The molecule has 0 fully saturated rings. The number of hydrogen-bond acceptors (Lipinski definition) is 3. The molecule has 0 saturated carbocycles. The Morgan fingerprint density at radius 2 is 1.33 bits per heavy atom. The number of benzene rings is 2. The first kappa shape index (κ1) is 15.2. The van der Waals surface area contributed by atoms with Crippen LogP contribution in [-0.2, 0) is 10.1 Å². The molecule has 0 spiro atoms. The van der Waals surface area contributed by atoms with Crippen molar-refractivity contribution >= 4 is 51.1 Å². The van der Waals surface area contributed by atoms with E-state index in [2.05, 4.69) is 5.32 Å². The predicted molar refractivity (Wildman–Crippen MR) is 71.7 cm³/mol. The largest absolute Gasteiger partial charge is 0.356 e. The first-order valence-corrected chi connectivity index (χ1v) is 6.39. The summed E-state index contributed by atoms with van der Waals surface area (Å²) in [7, 11) is -4.12. The number of anilines is 2. The van der Waals surface area contributed by atoms with Gasteiger partial charge in [-0.25, -0.2) is 0 Å². The maximum absolute atomic E-state index is 10.8. The summed E-state index contributed by atoms with van der Waals surface area (Å²) in [5.41, 5.74) is 1.66. The van der Waals surface area contributed by atoms with Crippen molar-refractivity contribution in [3.8, 4) is 0 Å². The number of rotatable bonds is 3. The van der Waals surface area contributed by atoms with E-state index >= 15 is 0 Å². The van der Waals surface area contributed by atoms with Crippen LogP contribution in [0.1, 0.15) is 0 Å². The molecule has 0 heterocycles. The molecule has 89 valence electrons. The van der Waals surface area contributed by atoms with Crippen LogP contribution in [0.3, 0.4) is 0 Å². The molecule has 2 N–H and O–H groups in total. The average Bonchev–Trinajstić information content (AvgIpc) is 2.30. The van der Waals surface area contributed by atoms with Crippen LogP contribution < -0.4 is 5.32 Å². The first-order chi connectivity index (χ1) is 8.05. The van der Waals surface area contributed by atoms with Crippen molar-refractivity contribution in [1.82, 2.24) is 0 Å². The maximum Gasteiger partial charge on any atom is 0.294 e. The van der Waals surface area contributed by atoms with Crippen LogP contribution in [0.25, 0.3) is 0 Å². The fourth-order valence-corrected chi connectivity index (χ4v) is 1.88. The summed E-state index contributed by atoms with van der Waals surface area (Å²) in [6.07, 6.45) is 0. The fraction of sp³-hybridized carbons (Fsp3) is 0. The molecule has 4 nitrogen and oxygen atoms in total. The molecule has 0 saturated heterocycles. The van der Waals surface area contributed by atoms with Crippen molar-refractivity contribution in [1.29, 1.82) is 0 Å². The molecule has 2 aromatic rings. The first-order valence-electron chi connectivity index (χ1n) is 4.95. The maximum atomic E-state index is 10.8. The molecular weight excluding hydrogens is 261 g/mol. The summed E-state index contributed by atoms with van der Waals surface area (Å²) in [6, 6.07) is 15.4. The zero-order valence-corrected chi connectivity index (χ0v) is 12.7. The van der Waals surface area contributed by atoms with E-state index in [-0.39, 0.29) is 34.5 Å². The molecule has 0 aliphatic carbocycles. The van der Waals surface area contributed by atoms with E-state index in [0.29, 0.717) is 0 Å². The minimum absolute atomic E-state index is 0. The van der Waals surface area contributed by atoms with Gasteiger partial charge in [0.15, 0.2) is 0 Å². The van der Waals surface area contributed by atoms with Gasteiger partial charge in [-0.3, -0.25) is 4.55 Å². The second kappa shape index (κ2) is 6.36. The smallest absolute Gasteiger partial charge is 0.294 e. The quantitative estimate of drug-likeness (QED) is 0.664. The van der Waals surface area contributed by atoms with Crippen molar-refractivity contribution in [2.75, 3.05) is 5.32 Å². The molecule has 1 radical (unpaired) electrons. The van der Waals surface area contributed by atoms with Gasteiger partial charge in [-0.15, -0.1) is 0 Å². The summed E-state index contributed by atoms with van der Waals surface area (Å²) < 4.78 is 30.5. The van der Waals surface area contributed by atoms with Crippen LogP contribution in [0.15, 0.2) is 59.5 Å². The van der Waals surface area contributed by atoms with Crippen LogP contribution in [-0.4, -0.2) is 42.5 Å². The summed E-state index contributed by atoms with van der Waals surface area (Å²) in [5, 5.41) is 3.11. The molecule has 0 aliphatic rings. The molecule has 0 aliphatic heterocycles. The molecule has 18 heavy (non-hydrogen) atoms. The van der Waals surface area contributed by atoms with E-state index in [1.165, 1.54) is 12.1 Å². The standard InChI is InChI=1S/C12H11NO3S.Na/c14-17(15,16)12-8-6-11(7-9-12)13-10-4-2-1-3-5-10;/h1-9,13H,(H,14,15,16);. The zero-order valence-electron chi connectivity index (χ0n) is 9.87. The van der Waals surface area contributed by atoms with E-state index in [9.17, 15) is 8.42 Å². The van der Waals surface area contributed by atoms with Crippen LogP contribution in [0.5, 0.6) is 0 Å². The molecule has 2 rings (SSSR count). The van der Waals surface area contributed by atoms with Crippen LogP contribution in [0.2, 0.25) is 0 Å². The third-order valence-corrected chi connectivity index (χ3v) is 3.08. The van der Waals surface area contributed by atoms with Crippen LogP contribution >= 0.6 is 0 Å².